The maximum atomic E-state index is 13.4. The molecule has 0 bridgehead atoms. The third kappa shape index (κ3) is 3.27. The summed E-state index contributed by atoms with van der Waals surface area (Å²) in [7, 11) is -1.78. The van der Waals surface area contributed by atoms with Crippen molar-refractivity contribution in [3.63, 3.8) is 0 Å². The lowest BCUT2D eigenvalue weighted by Gasteiger charge is -2.21. The van der Waals surface area contributed by atoms with Crippen LogP contribution in [0.4, 0.5) is 11.5 Å². The smallest absolute Gasteiger partial charge is 0.266 e. The Labute approximate surface area is 182 Å². The Morgan fingerprint density at radius 2 is 1.94 bits per heavy atom. The fourth-order valence-corrected chi connectivity index (χ4v) is 5.85. The standard InChI is InChI=1S/C23H25N5O2S/c1-16-5-3-6-17(13-16)20-15-28(23(24)25-20)31(29,30)19-8-9-21-18(14-19)10-12-27(21)22-7-4-11-26(22)2/h3-9,11,13-14,20H,10,12,15H2,1-2H3,(H2,24,25)/t20-/m1/s1. The van der Waals surface area contributed by atoms with Gasteiger partial charge < -0.3 is 15.2 Å². The molecule has 0 unspecified atom stereocenters. The molecule has 2 aliphatic heterocycles. The molecule has 3 heterocycles. The van der Waals surface area contributed by atoms with Crippen LogP contribution in [0.1, 0.15) is 22.7 Å². The van der Waals surface area contributed by atoms with Gasteiger partial charge in [-0.15, -0.1) is 0 Å². The molecule has 160 valence electrons. The second-order valence-corrected chi connectivity index (χ2v) is 9.99. The van der Waals surface area contributed by atoms with E-state index in [1.54, 1.807) is 12.1 Å². The number of fused-ring (bicyclic) bond motifs is 1. The number of benzene rings is 2. The number of aliphatic imine (C=N–C) groups is 1. The van der Waals surface area contributed by atoms with Gasteiger partial charge in [-0.25, -0.2) is 17.7 Å². The van der Waals surface area contributed by atoms with Crippen molar-refractivity contribution in [2.24, 2.45) is 17.8 Å². The van der Waals surface area contributed by atoms with Crippen molar-refractivity contribution in [3.05, 3.63) is 77.5 Å². The maximum Gasteiger partial charge on any atom is 0.266 e. The summed E-state index contributed by atoms with van der Waals surface area (Å²) < 4.78 is 30.1. The molecule has 3 aromatic rings. The van der Waals surface area contributed by atoms with Crippen LogP contribution in [0.15, 0.2) is 70.7 Å². The highest BCUT2D eigenvalue weighted by Crippen LogP contribution is 2.37. The summed E-state index contributed by atoms with van der Waals surface area (Å²) >= 11 is 0. The van der Waals surface area contributed by atoms with Gasteiger partial charge in [0, 0.05) is 25.5 Å². The molecule has 2 aromatic carbocycles. The molecule has 1 aromatic heterocycles. The summed E-state index contributed by atoms with van der Waals surface area (Å²) in [6.45, 7) is 3.03. The number of aryl methyl sites for hydroxylation is 2. The largest absolute Gasteiger partial charge is 0.369 e. The van der Waals surface area contributed by atoms with Crippen LogP contribution in [0.25, 0.3) is 0 Å². The average Bonchev–Trinajstić information content (AvgIpc) is 3.45. The van der Waals surface area contributed by atoms with Gasteiger partial charge in [-0.05, 0) is 54.8 Å². The van der Waals surface area contributed by atoms with Crippen LogP contribution in [-0.4, -0.2) is 36.3 Å². The van der Waals surface area contributed by atoms with Gasteiger partial charge in [-0.2, -0.15) is 0 Å². The first-order valence-electron chi connectivity index (χ1n) is 10.3. The Balaban J connectivity index is 1.43. The van der Waals surface area contributed by atoms with E-state index in [0.717, 1.165) is 41.2 Å². The zero-order chi connectivity index (χ0) is 21.8. The highest BCUT2D eigenvalue weighted by atomic mass is 32.2. The summed E-state index contributed by atoms with van der Waals surface area (Å²) in [4.78, 5) is 6.90. The fraction of sp³-hybridized carbons (Fsp3) is 0.261. The number of aromatic nitrogens is 1. The van der Waals surface area contributed by atoms with Crippen molar-refractivity contribution in [1.29, 1.82) is 0 Å². The highest BCUT2D eigenvalue weighted by Gasteiger charge is 2.35. The first-order valence-corrected chi connectivity index (χ1v) is 11.7. The Hall–Kier alpha value is -3.26. The van der Waals surface area contributed by atoms with Gasteiger partial charge in [0.25, 0.3) is 10.0 Å². The Kier molecular flexibility index (Phi) is 4.55. The van der Waals surface area contributed by atoms with Gasteiger partial charge >= 0.3 is 0 Å². The third-order valence-electron chi connectivity index (χ3n) is 6.04. The zero-order valence-corrected chi connectivity index (χ0v) is 18.4. The molecule has 8 heteroatoms. The first kappa shape index (κ1) is 19.7. The molecule has 0 radical (unpaired) electrons. The van der Waals surface area contributed by atoms with E-state index in [1.807, 2.05) is 56.6 Å². The third-order valence-corrected chi connectivity index (χ3v) is 7.80. The van der Waals surface area contributed by atoms with Crippen molar-refractivity contribution in [2.45, 2.75) is 24.3 Å². The molecule has 0 saturated heterocycles. The average molecular weight is 436 g/mol. The second-order valence-electron chi connectivity index (χ2n) is 8.12. The number of anilines is 2. The van der Waals surface area contributed by atoms with Crippen molar-refractivity contribution < 1.29 is 8.42 Å². The minimum absolute atomic E-state index is 0.0393. The van der Waals surface area contributed by atoms with Gasteiger partial charge in [-0.1, -0.05) is 29.8 Å². The van der Waals surface area contributed by atoms with Crippen LogP contribution in [0.5, 0.6) is 0 Å². The topological polar surface area (TPSA) is 83.9 Å². The number of nitrogens with two attached hydrogens (primary N) is 1. The van der Waals surface area contributed by atoms with Crippen molar-refractivity contribution in [3.8, 4) is 0 Å². The molecule has 5 rings (SSSR count). The van der Waals surface area contributed by atoms with Crippen LogP contribution >= 0.6 is 0 Å². The molecule has 0 amide bonds. The molecular weight excluding hydrogens is 410 g/mol. The van der Waals surface area contributed by atoms with Gasteiger partial charge in [0.15, 0.2) is 0 Å². The number of nitrogens with zero attached hydrogens (tertiary/aromatic N) is 4. The van der Waals surface area contributed by atoms with E-state index < -0.39 is 10.0 Å². The predicted molar refractivity (Wildman–Crippen MR) is 122 cm³/mol. The monoisotopic (exact) mass is 435 g/mol. The quantitative estimate of drug-likeness (QED) is 0.683. The number of hydrogen-bond acceptors (Lipinski definition) is 5. The minimum Gasteiger partial charge on any atom is -0.369 e. The van der Waals surface area contributed by atoms with E-state index in [-0.39, 0.29) is 23.4 Å². The van der Waals surface area contributed by atoms with Gasteiger partial charge in [-0.3, -0.25) is 0 Å². The number of sulfonamides is 1. The van der Waals surface area contributed by atoms with Crippen molar-refractivity contribution in [1.82, 2.24) is 8.87 Å². The summed E-state index contributed by atoms with van der Waals surface area (Å²) in [6.07, 6.45) is 2.80. The van der Waals surface area contributed by atoms with Crippen LogP contribution in [0.3, 0.4) is 0 Å². The number of hydrogen-bond donors (Lipinski definition) is 1. The molecule has 2 N–H and O–H groups in total. The van der Waals surface area contributed by atoms with E-state index in [1.165, 1.54) is 4.31 Å². The zero-order valence-electron chi connectivity index (χ0n) is 17.6. The maximum absolute atomic E-state index is 13.4. The molecular formula is C23H25N5O2S. The molecule has 2 aliphatic rings. The fourth-order valence-electron chi connectivity index (χ4n) is 4.43. The van der Waals surface area contributed by atoms with Gasteiger partial charge in [0.05, 0.1) is 17.5 Å². The Morgan fingerprint density at radius 3 is 2.68 bits per heavy atom. The Morgan fingerprint density at radius 1 is 1.10 bits per heavy atom. The van der Waals surface area contributed by atoms with E-state index in [0.29, 0.717) is 0 Å². The van der Waals surface area contributed by atoms with Gasteiger partial charge in [0.2, 0.25) is 5.96 Å². The van der Waals surface area contributed by atoms with Crippen LogP contribution in [0, 0.1) is 6.92 Å². The molecule has 1 atom stereocenters. The van der Waals surface area contributed by atoms with E-state index >= 15 is 0 Å². The summed E-state index contributed by atoms with van der Waals surface area (Å²) in [5, 5.41) is 0. The summed E-state index contributed by atoms with van der Waals surface area (Å²) in [6, 6.07) is 17.0. The lowest BCUT2D eigenvalue weighted by Crippen LogP contribution is -2.39. The van der Waals surface area contributed by atoms with E-state index in [2.05, 4.69) is 20.5 Å². The summed E-state index contributed by atoms with van der Waals surface area (Å²) in [5.41, 5.74) is 10.2. The normalized spacial score (nSPS) is 18.4. The highest BCUT2D eigenvalue weighted by molar-refractivity contribution is 7.89. The number of guanidine groups is 1. The lowest BCUT2D eigenvalue weighted by atomic mass is 10.1. The molecule has 7 nitrogen and oxygen atoms in total. The van der Waals surface area contributed by atoms with Crippen LogP contribution in [-0.2, 0) is 23.5 Å². The second kappa shape index (κ2) is 7.16. The van der Waals surface area contributed by atoms with Crippen molar-refractivity contribution in [2.75, 3.05) is 18.0 Å². The molecule has 0 spiro atoms. The SMILES string of the molecule is Cc1cccc([C@H]2CN(S(=O)(=O)c3ccc4c(c3)CCN4c3cccn3C)C(N)=N2)c1. The van der Waals surface area contributed by atoms with Crippen LogP contribution in [0.2, 0.25) is 0 Å². The van der Waals surface area contributed by atoms with Crippen molar-refractivity contribution >= 4 is 27.5 Å². The minimum atomic E-state index is -3.79. The molecule has 0 fully saturated rings. The molecule has 31 heavy (non-hydrogen) atoms. The lowest BCUT2D eigenvalue weighted by molar-refractivity contribution is 0.518. The summed E-state index contributed by atoms with van der Waals surface area (Å²) in [5.74, 6) is 1.13. The molecule has 0 aliphatic carbocycles. The Bertz CT molecular complexity index is 1290. The van der Waals surface area contributed by atoms with E-state index in [4.69, 9.17) is 5.73 Å². The van der Waals surface area contributed by atoms with E-state index in [9.17, 15) is 8.42 Å². The number of rotatable bonds is 4. The molecule has 0 saturated carbocycles. The van der Waals surface area contributed by atoms with Crippen LogP contribution < -0.4 is 10.6 Å². The predicted octanol–water partition coefficient (Wildman–Crippen LogP) is 3.09. The van der Waals surface area contributed by atoms with Gasteiger partial charge in [0.1, 0.15) is 5.82 Å². The first-order chi connectivity index (χ1) is 14.8.